The van der Waals surface area contributed by atoms with Gasteiger partial charge in [-0.3, -0.25) is 4.79 Å². The van der Waals surface area contributed by atoms with Crippen LogP contribution in [0.15, 0.2) is 48.5 Å². The van der Waals surface area contributed by atoms with Gasteiger partial charge in [-0.1, -0.05) is 36.4 Å². The molecule has 0 aliphatic carbocycles. The van der Waals surface area contributed by atoms with Crippen LogP contribution >= 0.6 is 0 Å². The Morgan fingerprint density at radius 1 is 1.11 bits per heavy atom. The zero-order valence-electron chi connectivity index (χ0n) is 16.8. The van der Waals surface area contributed by atoms with Crippen LogP contribution in [0.2, 0.25) is 0 Å². The van der Waals surface area contributed by atoms with Crippen molar-refractivity contribution in [3.8, 4) is 5.75 Å². The number of hydrogen-bond donors (Lipinski definition) is 1. The van der Waals surface area contributed by atoms with Crippen molar-refractivity contribution in [2.45, 2.75) is 33.4 Å². The van der Waals surface area contributed by atoms with E-state index in [0.717, 1.165) is 27.4 Å². The monoisotopic (exact) mass is 404 g/mol. The van der Waals surface area contributed by atoms with Gasteiger partial charge in [0.15, 0.2) is 0 Å². The average Bonchev–Trinajstić information content (AvgIpc) is 2.62. The predicted octanol–water partition coefficient (Wildman–Crippen LogP) is 2.65. The molecule has 1 amide bonds. The highest BCUT2D eigenvalue weighted by Gasteiger charge is 2.21. The molecule has 1 N–H and O–H groups in total. The lowest BCUT2D eigenvalue weighted by Crippen LogP contribution is -2.44. The lowest BCUT2D eigenvalue weighted by Gasteiger charge is -2.21. The van der Waals surface area contributed by atoms with Gasteiger partial charge in [-0.15, -0.1) is 0 Å². The minimum Gasteiger partial charge on any atom is -0.491 e. The van der Waals surface area contributed by atoms with Crippen LogP contribution in [0.25, 0.3) is 0 Å². The fourth-order valence-electron chi connectivity index (χ4n) is 2.62. The molecule has 0 heterocycles. The van der Waals surface area contributed by atoms with Crippen LogP contribution in [0.4, 0.5) is 0 Å². The molecule has 2 rings (SSSR count). The number of carbonyl (C=O) groups excluding carboxylic acids is 1. The summed E-state index contributed by atoms with van der Waals surface area (Å²) in [6, 6.07) is 14.8. The number of rotatable bonds is 9. The Balaban J connectivity index is 1.89. The molecular formula is C21H28N2O4S. The Bertz CT molecular complexity index is 898. The van der Waals surface area contributed by atoms with Crippen molar-refractivity contribution >= 4 is 15.9 Å². The van der Waals surface area contributed by atoms with Crippen molar-refractivity contribution in [3.63, 3.8) is 0 Å². The largest absolute Gasteiger partial charge is 0.491 e. The maximum Gasteiger partial charge on any atom is 0.235 e. The van der Waals surface area contributed by atoms with E-state index in [1.807, 2.05) is 69.3 Å². The molecule has 0 aliphatic rings. The second kappa shape index (κ2) is 9.71. The van der Waals surface area contributed by atoms with Gasteiger partial charge in [0.1, 0.15) is 12.4 Å². The molecule has 152 valence electrons. The third kappa shape index (κ3) is 6.98. The van der Waals surface area contributed by atoms with Crippen LogP contribution in [0, 0.1) is 13.8 Å². The van der Waals surface area contributed by atoms with Crippen LogP contribution in [0.5, 0.6) is 5.75 Å². The van der Waals surface area contributed by atoms with E-state index in [0.29, 0.717) is 6.61 Å². The molecule has 0 spiro atoms. The third-order valence-corrected chi connectivity index (χ3v) is 5.57. The van der Waals surface area contributed by atoms with Gasteiger partial charge in [0, 0.05) is 6.54 Å². The van der Waals surface area contributed by atoms with Crippen molar-refractivity contribution in [2.24, 2.45) is 0 Å². The quantitative estimate of drug-likeness (QED) is 0.697. The number of ether oxygens (including phenoxy) is 1. The van der Waals surface area contributed by atoms with Crippen LogP contribution < -0.4 is 10.1 Å². The first-order chi connectivity index (χ1) is 13.1. The molecule has 7 heteroatoms. The van der Waals surface area contributed by atoms with Crippen molar-refractivity contribution < 1.29 is 17.9 Å². The molecule has 28 heavy (non-hydrogen) atoms. The molecule has 0 bridgehead atoms. The average molecular weight is 405 g/mol. The molecule has 2 aromatic rings. The third-order valence-electron chi connectivity index (χ3n) is 4.38. The van der Waals surface area contributed by atoms with Crippen molar-refractivity contribution in [1.29, 1.82) is 0 Å². The van der Waals surface area contributed by atoms with Gasteiger partial charge < -0.3 is 10.1 Å². The van der Waals surface area contributed by atoms with Gasteiger partial charge in [0.25, 0.3) is 0 Å². The summed E-state index contributed by atoms with van der Waals surface area (Å²) in [6.07, 6.45) is 1.11. The standard InChI is InChI=1S/C21H28N2O4S/c1-16-10-11-20(12-17(16)2)27-15-18(3)22-21(24)14-23(28(4,25)26)13-19-8-6-5-7-9-19/h5-12,18H,13-15H2,1-4H3,(H,22,24)/t18-/m0/s1. The van der Waals surface area contributed by atoms with Crippen molar-refractivity contribution in [3.05, 3.63) is 65.2 Å². The summed E-state index contributed by atoms with van der Waals surface area (Å²) in [5.41, 5.74) is 3.15. The second-order valence-electron chi connectivity index (χ2n) is 7.04. The molecular weight excluding hydrogens is 376 g/mol. The normalized spacial score (nSPS) is 12.6. The molecule has 0 saturated carbocycles. The zero-order valence-corrected chi connectivity index (χ0v) is 17.6. The topological polar surface area (TPSA) is 75.7 Å². The maximum absolute atomic E-state index is 12.3. The van der Waals surface area contributed by atoms with Gasteiger partial charge in [-0.25, -0.2) is 8.42 Å². The Hall–Kier alpha value is -2.38. The molecule has 0 aromatic heterocycles. The predicted molar refractivity (Wildman–Crippen MR) is 111 cm³/mol. The van der Waals surface area contributed by atoms with Gasteiger partial charge in [0.2, 0.25) is 15.9 Å². The Kier molecular flexibility index (Phi) is 7.60. The highest BCUT2D eigenvalue weighted by atomic mass is 32.2. The van der Waals surface area contributed by atoms with Crippen LogP contribution in [-0.2, 0) is 21.4 Å². The van der Waals surface area contributed by atoms with E-state index in [9.17, 15) is 13.2 Å². The van der Waals surface area contributed by atoms with Crippen molar-refractivity contribution in [1.82, 2.24) is 9.62 Å². The molecule has 0 fully saturated rings. The van der Waals surface area contributed by atoms with Gasteiger partial charge >= 0.3 is 0 Å². The number of nitrogens with zero attached hydrogens (tertiary/aromatic N) is 1. The summed E-state index contributed by atoms with van der Waals surface area (Å²) < 4.78 is 31.0. The number of benzene rings is 2. The van der Waals surface area contributed by atoms with E-state index in [2.05, 4.69) is 5.32 Å². The Morgan fingerprint density at radius 2 is 1.79 bits per heavy atom. The summed E-state index contributed by atoms with van der Waals surface area (Å²) in [4.78, 5) is 12.3. The summed E-state index contributed by atoms with van der Waals surface area (Å²) >= 11 is 0. The molecule has 1 atom stereocenters. The SMILES string of the molecule is Cc1ccc(OC[C@H](C)NC(=O)CN(Cc2ccccc2)S(C)(=O)=O)cc1C. The van der Waals surface area contributed by atoms with E-state index in [-0.39, 0.29) is 25.0 Å². The lowest BCUT2D eigenvalue weighted by atomic mass is 10.1. The first kappa shape index (κ1) is 21.9. The van der Waals surface area contributed by atoms with E-state index >= 15 is 0 Å². The summed E-state index contributed by atoms with van der Waals surface area (Å²) in [6.45, 7) is 6.08. The van der Waals surface area contributed by atoms with Gasteiger partial charge in [0.05, 0.1) is 18.8 Å². The number of nitrogens with one attached hydrogen (secondary N) is 1. The highest BCUT2D eigenvalue weighted by Crippen LogP contribution is 2.16. The van der Waals surface area contributed by atoms with E-state index in [4.69, 9.17) is 4.74 Å². The number of aryl methyl sites for hydroxylation is 2. The maximum atomic E-state index is 12.3. The number of amides is 1. The smallest absolute Gasteiger partial charge is 0.235 e. The lowest BCUT2D eigenvalue weighted by molar-refractivity contribution is -0.122. The Labute approximate surface area is 167 Å². The molecule has 6 nitrogen and oxygen atoms in total. The van der Waals surface area contributed by atoms with Crippen LogP contribution in [0.1, 0.15) is 23.6 Å². The molecule has 0 unspecified atom stereocenters. The fourth-order valence-corrected chi connectivity index (χ4v) is 3.36. The Morgan fingerprint density at radius 3 is 2.39 bits per heavy atom. The fraction of sp³-hybridized carbons (Fsp3) is 0.381. The molecule has 0 radical (unpaired) electrons. The molecule has 2 aromatic carbocycles. The number of hydrogen-bond acceptors (Lipinski definition) is 4. The minimum absolute atomic E-state index is 0.153. The van der Waals surface area contributed by atoms with E-state index in [1.54, 1.807) is 0 Å². The first-order valence-electron chi connectivity index (χ1n) is 9.13. The summed E-state index contributed by atoms with van der Waals surface area (Å²) in [7, 11) is -3.52. The molecule has 0 saturated heterocycles. The van der Waals surface area contributed by atoms with Crippen LogP contribution in [-0.4, -0.2) is 44.1 Å². The van der Waals surface area contributed by atoms with Crippen LogP contribution in [0.3, 0.4) is 0 Å². The highest BCUT2D eigenvalue weighted by molar-refractivity contribution is 7.88. The van der Waals surface area contributed by atoms with Gasteiger partial charge in [-0.2, -0.15) is 4.31 Å². The second-order valence-corrected chi connectivity index (χ2v) is 9.02. The van der Waals surface area contributed by atoms with E-state index in [1.165, 1.54) is 5.56 Å². The van der Waals surface area contributed by atoms with E-state index < -0.39 is 10.0 Å². The number of carbonyl (C=O) groups is 1. The van der Waals surface area contributed by atoms with Gasteiger partial charge in [-0.05, 0) is 49.6 Å². The van der Waals surface area contributed by atoms with Crippen molar-refractivity contribution in [2.75, 3.05) is 19.4 Å². The zero-order chi connectivity index (χ0) is 20.7. The summed E-state index contributed by atoms with van der Waals surface area (Å²) in [5.74, 6) is 0.378. The number of sulfonamides is 1. The molecule has 0 aliphatic heterocycles. The first-order valence-corrected chi connectivity index (χ1v) is 11.0. The summed E-state index contributed by atoms with van der Waals surface area (Å²) in [5, 5.41) is 2.79. The minimum atomic E-state index is -3.52.